The molecule has 226 valence electrons. The lowest BCUT2D eigenvalue weighted by molar-refractivity contribution is -0.0893. The summed E-state index contributed by atoms with van der Waals surface area (Å²) in [6, 6.07) is 47.0. The average Bonchev–Trinajstić information content (AvgIpc) is 3.08. The zero-order valence-electron chi connectivity index (χ0n) is 26.5. The van der Waals surface area contributed by atoms with Gasteiger partial charge in [0.05, 0.1) is 17.2 Å². The molecule has 1 aliphatic heterocycles. The van der Waals surface area contributed by atoms with E-state index in [2.05, 4.69) is 144 Å². The Morgan fingerprint density at radius 2 is 1.18 bits per heavy atom. The molecule has 1 heterocycles. The van der Waals surface area contributed by atoms with Gasteiger partial charge in [0.2, 0.25) is 0 Å². The summed E-state index contributed by atoms with van der Waals surface area (Å²) in [5.41, 5.74) is 8.85. The highest BCUT2D eigenvalue weighted by atomic mass is 16.5. The Morgan fingerprint density at radius 1 is 0.622 bits per heavy atom. The van der Waals surface area contributed by atoms with Gasteiger partial charge < -0.3 is 15.1 Å². The minimum Gasteiger partial charge on any atom is -0.427 e. The summed E-state index contributed by atoms with van der Waals surface area (Å²) in [4.78, 5) is 0. The number of aliphatic hydroxyl groups is 1. The van der Waals surface area contributed by atoms with Gasteiger partial charge in [-0.1, -0.05) is 139 Å². The van der Waals surface area contributed by atoms with Gasteiger partial charge in [0.1, 0.15) is 6.17 Å². The molecule has 2 unspecified atom stereocenters. The van der Waals surface area contributed by atoms with Crippen LogP contribution in [0.3, 0.4) is 0 Å². The third kappa shape index (κ3) is 6.97. The van der Waals surface area contributed by atoms with E-state index in [1.165, 1.54) is 27.8 Å². The van der Waals surface area contributed by atoms with Gasteiger partial charge in [-0.25, -0.2) is 0 Å². The second-order valence-corrected chi connectivity index (χ2v) is 12.8. The molecule has 0 saturated carbocycles. The third-order valence-corrected chi connectivity index (χ3v) is 9.05. The van der Waals surface area contributed by atoms with E-state index in [0.29, 0.717) is 7.48 Å². The van der Waals surface area contributed by atoms with E-state index in [9.17, 15) is 5.11 Å². The van der Waals surface area contributed by atoms with Crippen LogP contribution in [-0.4, -0.2) is 23.8 Å². The third-order valence-electron chi connectivity index (χ3n) is 9.05. The zero-order chi connectivity index (χ0) is 31.4. The van der Waals surface area contributed by atoms with Crippen molar-refractivity contribution in [1.82, 2.24) is 10.6 Å². The van der Waals surface area contributed by atoms with Gasteiger partial charge in [-0.15, -0.1) is 0 Å². The second kappa shape index (κ2) is 12.9. The van der Waals surface area contributed by atoms with E-state index in [4.69, 9.17) is 4.65 Å². The Hall–Kier alpha value is -4.42. The Labute approximate surface area is 268 Å². The van der Waals surface area contributed by atoms with Crippen molar-refractivity contribution < 1.29 is 9.76 Å². The maximum atomic E-state index is 10.5. The molecule has 0 radical (unpaired) electrons. The van der Waals surface area contributed by atoms with E-state index in [0.717, 1.165) is 22.3 Å². The highest BCUT2D eigenvalue weighted by molar-refractivity contribution is 6.47. The van der Waals surface area contributed by atoms with Gasteiger partial charge in [0.25, 0.3) is 0 Å². The number of hydrogen-bond donors (Lipinski definition) is 3. The molecule has 0 fully saturated rings. The Morgan fingerprint density at radius 3 is 1.84 bits per heavy atom. The van der Waals surface area contributed by atoms with E-state index in [1.54, 1.807) is 13.8 Å². The Balaban J connectivity index is 1.31. The summed E-state index contributed by atoms with van der Waals surface area (Å²) in [7, 11) is 0.433. The molecule has 4 nitrogen and oxygen atoms in total. The standard InChI is InChI=1S/C40H41BN2O2/c1-39(2,44)40(3,4)45-41-33-25-23-30(24-26-33)34-17-11-12-18-35(34)37-27-36(42-38(43-37)32-15-9-6-10-16-32)31-21-19-29(20-22-31)28-13-7-5-8-14-28/h5-27,37-38,41-44H,1-4H3. The molecule has 0 spiro atoms. The first-order chi connectivity index (χ1) is 21.7. The SMILES string of the molecule is CC(C)(O)C(C)(C)OBc1ccc(-c2ccccc2C2C=C(c3ccc(-c4ccccc4)cc3)NC(c3ccccc3)N2)cc1. The monoisotopic (exact) mass is 592 g/mol. The fraction of sp³-hybridized carbons (Fsp3) is 0.200. The summed E-state index contributed by atoms with van der Waals surface area (Å²) < 4.78 is 6.11. The highest BCUT2D eigenvalue weighted by Gasteiger charge is 2.35. The smallest absolute Gasteiger partial charge is 0.309 e. The van der Waals surface area contributed by atoms with Gasteiger partial charge in [-0.3, -0.25) is 5.32 Å². The van der Waals surface area contributed by atoms with Crippen LogP contribution in [0.1, 0.15) is 56.6 Å². The molecule has 0 aliphatic carbocycles. The van der Waals surface area contributed by atoms with Crippen LogP contribution in [-0.2, 0) is 4.65 Å². The van der Waals surface area contributed by atoms with Crippen LogP contribution in [0.25, 0.3) is 28.0 Å². The molecule has 1 aliphatic rings. The fourth-order valence-corrected chi connectivity index (χ4v) is 5.55. The molecule has 0 saturated heterocycles. The van der Waals surface area contributed by atoms with Crippen molar-refractivity contribution >= 4 is 18.6 Å². The molecular weight excluding hydrogens is 551 g/mol. The van der Waals surface area contributed by atoms with E-state index >= 15 is 0 Å². The van der Waals surface area contributed by atoms with Crippen LogP contribution in [0, 0.1) is 0 Å². The largest absolute Gasteiger partial charge is 0.427 e. The topological polar surface area (TPSA) is 53.5 Å². The van der Waals surface area contributed by atoms with Crippen LogP contribution in [0.4, 0.5) is 0 Å². The minimum absolute atomic E-state index is 0.0212. The van der Waals surface area contributed by atoms with Crippen molar-refractivity contribution in [2.24, 2.45) is 0 Å². The number of nitrogens with one attached hydrogen (secondary N) is 2. The van der Waals surface area contributed by atoms with Gasteiger partial charge in [0, 0.05) is 5.70 Å². The molecule has 5 aromatic rings. The molecule has 0 bridgehead atoms. The molecular formula is C40H41BN2O2. The van der Waals surface area contributed by atoms with Crippen molar-refractivity contribution in [2.45, 2.75) is 51.1 Å². The number of benzene rings is 5. The summed E-state index contributed by atoms with van der Waals surface area (Å²) in [6.07, 6.45) is 2.24. The lowest BCUT2D eigenvalue weighted by Crippen LogP contribution is -2.49. The van der Waals surface area contributed by atoms with E-state index in [1.807, 2.05) is 19.9 Å². The first-order valence-electron chi connectivity index (χ1n) is 15.7. The molecule has 2 atom stereocenters. The van der Waals surface area contributed by atoms with Crippen LogP contribution >= 0.6 is 0 Å². The molecule has 3 N–H and O–H groups in total. The van der Waals surface area contributed by atoms with Crippen molar-refractivity contribution in [1.29, 1.82) is 0 Å². The predicted octanol–water partition coefficient (Wildman–Crippen LogP) is 7.54. The summed E-state index contributed by atoms with van der Waals surface area (Å²) in [6.45, 7) is 7.41. The molecule has 0 amide bonds. The lowest BCUT2D eigenvalue weighted by atomic mass is 9.82. The van der Waals surface area contributed by atoms with Gasteiger partial charge in [0.15, 0.2) is 0 Å². The normalized spacial score (nSPS) is 16.9. The van der Waals surface area contributed by atoms with Crippen molar-refractivity contribution in [3.63, 3.8) is 0 Å². The van der Waals surface area contributed by atoms with Crippen LogP contribution < -0.4 is 16.1 Å². The first-order valence-corrected chi connectivity index (χ1v) is 15.7. The highest BCUT2D eigenvalue weighted by Crippen LogP contribution is 2.35. The molecule has 5 heteroatoms. The molecule has 45 heavy (non-hydrogen) atoms. The minimum atomic E-state index is -0.943. The van der Waals surface area contributed by atoms with Crippen LogP contribution in [0.2, 0.25) is 0 Å². The lowest BCUT2D eigenvalue weighted by Gasteiger charge is -2.37. The quantitative estimate of drug-likeness (QED) is 0.155. The summed E-state index contributed by atoms with van der Waals surface area (Å²) in [5, 5.41) is 18.1. The maximum absolute atomic E-state index is 10.5. The van der Waals surface area contributed by atoms with Crippen LogP contribution in [0.15, 0.2) is 140 Å². The summed E-state index contributed by atoms with van der Waals surface area (Å²) >= 11 is 0. The van der Waals surface area contributed by atoms with Crippen molar-refractivity contribution in [2.75, 3.05) is 0 Å². The average molecular weight is 593 g/mol. The van der Waals surface area contributed by atoms with Crippen LogP contribution in [0.5, 0.6) is 0 Å². The zero-order valence-corrected chi connectivity index (χ0v) is 26.5. The van der Waals surface area contributed by atoms with Gasteiger partial charge >= 0.3 is 7.48 Å². The van der Waals surface area contributed by atoms with Gasteiger partial charge in [-0.2, -0.15) is 0 Å². The maximum Gasteiger partial charge on any atom is 0.309 e. The van der Waals surface area contributed by atoms with Crippen molar-refractivity contribution in [3.05, 3.63) is 156 Å². The predicted molar refractivity (Wildman–Crippen MR) is 188 cm³/mol. The number of rotatable bonds is 9. The number of hydrogen-bond acceptors (Lipinski definition) is 4. The summed E-state index contributed by atoms with van der Waals surface area (Å²) in [5.74, 6) is 0. The fourth-order valence-electron chi connectivity index (χ4n) is 5.55. The molecule has 5 aromatic carbocycles. The molecule has 0 aromatic heterocycles. The first kappa shape index (κ1) is 30.6. The van der Waals surface area contributed by atoms with Gasteiger partial charge in [-0.05, 0) is 72.7 Å². The Bertz CT molecular complexity index is 1740. The van der Waals surface area contributed by atoms with E-state index < -0.39 is 11.2 Å². The van der Waals surface area contributed by atoms with Crippen molar-refractivity contribution in [3.8, 4) is 22.3 Å². The Kier molecular flexibility index (Phi) is 8.77. The second-order valence-electron chi connectivity index (χ2n) is 12.8. The molecule has 6 rings (SSSR count). The van der Waals surface area contributed by atoms with E-state index in [-0.39, 0.29) is 12.2 Å².